The van der Waals surface area contributed by atoms with Crippen LogP contribution in [0.5, 0.6) is 0 Å². The predicted octanol–water partition coefficient (Wildman–Crippen LogP) is 2.87. The second-order valence-electron chi connectivity index (χ2n) is 12.4. The first-order valence-corrected chi connectivity index (χ1v) is 19.0. The summed E-state index contributed by atoms with van der Waals surface area (Å²) < 4.78 is 50.8. The molecule has 4 aromatic rings. The number of unbranched alkanes of at least 4 members (excludes halogenated alkanes) is 1. The van der Waals surface area contributed by atoms with Crippen LogP contribution in [-0.4, -0.2) is 161 Å². The molecule has 0 radical (unpaired) electrons. The second-order valence-corrected chi connectivity index (χ2v) is 12.4. The Balaban J connectivity index is 0.920. The number of aryl methyl sites for hydroxylation is 1. The van der Waals surface area contributed by atoms with Crippen molar-refractivity contribution in [3.63, 3.8) is 0 Å². The molecule has 0 fully saturated rings. The van der Waals surface area contributed by atoms with Crippen LogP contribution < -0.4 is 11.5 Å². The van der Waals surface area contributed by atoms with Crippen molar-refractivity contribution < 1.29 is 47.1 Å². The lowest BCUT2D eigenvalue weighted by atomic mass is 10.1. The molecule has 21 nitrogen and oxygen atoms in total. The Morgan fingerprint density at radius 1 is 0.807 bits per heavy atom. The quantitative estimate of drug-likeness (QED) is 0.0304. The molecule has 1 amide bonds. The van der Waals surface area contributed by atoms with Crippen molar-refractivity contribution >= 4 is 39.9 Å². The van der Waals surface area contributed by atoms with Gasteiger partial charge in [-0.2, -0.15) is 10.1 Å². The van der Waals surface area contributed by atoms with Gasteiger partial charge in [-0.25, -0.2) is 14.6 Å². The molecule has 21 heteroatoms. The lowest BCUT2D eigenvalue weighted by Crippen LogP contribution is -2.28. The molecule has 0 aliphatic heterocycles. The Morgan fingerprint density at radius 3 is 1.95 bits per heavy atom. The number of aromatic nitrogens is 5. The number of azide groups is 1. The van der Waals surface area contributed by atoms with E-state index < -0.39 is 0 Å². The van der Waals surface area contributed by atoms with Gasteiger partial charge in [-0.3, -0.25) is 4.79 Å². The van der Waals surface area contributed by atoms with Gasteiger partial charge < -0.3 is 58.7 Å². The van der Waals surface area contributed by atoms with E-state index in [0.717, 1.165) is 18.4 Å². The van der Waals surface area contributed by atoms with E-state index in [4.69, 9.17) is 64.4 Å². The first kappa shape index (κ1) is 45.0. The number of carbonyl (C=O) groups is 1. The molecular formula is C36H55N11O10. The average molecular weight is 802 g/mol. The Hall–Kier alpha value is -4.70. The number of nitrogens with zero attached hydrogens (tertiary/aromatic N) is 9. The lowest BCUT2D eigenvalue weighted by Gasteiger charge is -2.17. The Kier molecular flexibility index (Phi) is 21.3. The van der Waals surface area contributed by atoms with E-state index in [2.05, 4.69) is 25.0 Å². The van der Waals surface area contributed by atoms with Crippen LogP contribution in [0.2, 0.25) is 0 Å². The van der Waals surface area contributed by atoms with Gasteiger partial charge in [0.05, 0.1) is 118 Å². The maximum absolute atomic E-state index is 12.6. The van der Waals surface area contributed by atoms with Crippen LogP contribution in [0, 0.1) is 0 Å². The Morgan fingerprint density at radius 2 is 1.37 bits per heavy atom. The highest BCUT2D eigenvalue weighted by atomic mass is 16.6. The lowest BCUT2D eigenvalue weighted by molar-refractivity contribution is -0.131. The van der Waals surface area contributed by atoms with Crippen LogP contribution in [0.1, 0.15) is 19.3 Å². The summed E-state index contributed by atoms with van der Waals surface area (Å²) in [4.78, 5) is 29.8. The summed E-state index contributed by atoms with van der Waals surface area (Å²) in [5.41, 5.74) is 23.4. The molecule has 0 aliphatic carbocycles. The summed E-state index contributed by atoms with van der Waals surface area (Å²) in [5.74, 6) is 0.353. The van der Waals surface area contributed by atoms with Gasteiger partial charge in [-0.15, -0.1) is 0 Å². The number of carbonyl (C=O) groups excluding carboxylic acids is 1. The van der Waals surface area contributed by atoms with Crippen LogP contribution in [0.25, 0.3) is 43.8 Å². The maximum atomic E-state index is 12.6. The fourth-order valence-corrected chi connectivity index (χ4v) is 5.36. The zero-order valence-electron chi connectivity index (χ0n) is 32.6. The highest BCUT2D eigenvalue weighted by molar-refractivity contribution is 5.99. The first-order valence-electron chi connectivity index (χ1n) is 19.0. The fraction of sp³-hybridized carbons (Fsp3) is 0.639. The van der Waals surface area contributed by atoms with E-state index >= 15 is 0 Å². The maximum Gasteiger partial charge on any atom is 0.292 e. The molecular weight excluding hydrogens is 746 g/mol. The number of hydrogen-bond acceptors (Lipinski definition) is 17. The first-order chi connectivity index (χ1) is 28.0. The molecule has 0 saturated heterocycles. The third-order valence-electron chi connectivity index (χ3n) is 8.24. The normalized spacial score (nSPS) is 11.5. The van der Waals surface area contributed by atoms with Crippen molar-refractivity contribution in [1.29, 1.82) is 0 Å². The molecule has 0 aliphatic rings. The topological polar surface area (TPSA) is 265 Å². The summed E-state index contributed by atoms with van der Waals surface area (Å²) in [5, 5.41) is 8.86. The van der Waals surface area contributed by atoms with Crippen LogP contribution in [0.4, 0.5) is 11.8 Å². The smallest absolute Gasteiger partial charge is 0.292 e. The predicted molar refractivity (Wildman–Crippen MR) is 209 cm³/mol. The Labute approximate surface area is 330 Å². The third kappa shape index (κ3) is 16.7. The van der Waals surface area contributed by atoms with Crippen LogP contribution in [-0.2, 0) is 49.2 Å². The van der Waals surface area contributed by atoms with Crippen molar-refractivity contribution in [2.75, 3.05) is 137 Å². The van der Waals surface area contributed by atoms with Gasteiger partial charge in [0, 0.05) is 37.2 Å². The van der Waals surface area contributed by atoms with Crippen LogP contribution in [0.3, 0.4) is 0 Å². The monoisotopic (exact) mass is 801 g/mol. The number of ether oxygens (including phenoxy) is 8. The molecule has 0 bridgehead atoms. The average Bonchev–Trinajstić information content (AvgIpc) is 3.78. The van der Waals surface area contributed by atoms with Gasteiger partial charge in [-0.1, -0.05) is 5.11 Å². The molecule has 0 spiro atoms. The summed E-state index contributed by atoms with van der Waals surface area (Å²) in [6.07, 6.45) is 3.27. The molecule has 0 unspecified atom stereocenters. The molecule has 314 valence electrons. The number of nitrogen functional groups attached to an aromatic ring is 2. The van der Waals surface area contributed by atoms with Gasteiger partial charge >= 0.3 is 0 Å². The zero-order chi connectivity index (χ0) is 40.3. The molecule has 3 aromatic heterocycles. The molecule has 3 heterocycles. The number of benzene rings is 1. The van der Waals surface area contributed by atoms with E-state index in [9.17, 15) is 4.79 Å². The summed E-state index contributed by atoms with van der Waals surface area (Å²) in [6.45, 7) is 8.57. The number of hydrogen-bond donors (Lipinski definition) is 2. The fourth-order valence-electron chi connectivity index (χ4n) is 5.36. The molecule has 0 saturated carbocycles. The van der Waals surface area contributed by atoms with Gasteiger partial charge in [0.2, 0.25) is 5.91 Å². The zero-order valence-corrected chi connectivity index (χ0v) is 32.6. The van der Waals surface area contributed by atoms with Gasteiger partial charge in [-0.05, 0) is 36.6 Å². The largest absolute Gasteiger partial charge is 0.424 e. The molecule has 0 atom stereocenters. The molecule has 4 rings (SSSR count). The van der Waals surface area contributed by atoms with E-state index in [-0.39, 0.29) is 11.9 Å². The second kappa shape index (κ2) is 27.0. The minimum absolute atomic E-state index is 0.0150. The number of amides is 1. The van der Waals surface area contributed by atoms with E-state index in [1.165, 1.54) is 6.33 Å². The SMILES string of the molecule is CN(CCCCn1nc(-c2ccc3oc(N)nc3c2)c2c(N)ncnc21)C(=O)CCOCCOCCOCCOCCOCCOCCOCCOCCN=[N+]=[N-]. The summed E-state index contributed by atoms with van der Waals surface area (Å²) >= 11 is 0. The number of anilines is 2. The van der Waals surface area contributed by atoms with Gasteiger partial charge in [0.1, 0.15) is 23.4 Å². The van der Waals surface area contributed by atoms with Crippen molar-refractivity contribution in [2.24, 2.45) is 5.11 Å². The van der Waals surface area contributed by atoms with E-state index in [1.54, 1.807) is 18.0 Å². The Bertz CT molecular complexity index is 1790. The van der Waals surface area contributed by atoms with E-state index in [1.807, 2.05) is 16.8 Å². The minimum Gasteiger partial charge on any atom is -0.424 e. The van der Waals surface area contributed by atoms with Crippen LogP contribution in [0.15, 0.2) is 34.1 Å². The van der Waals surface area contributed by atoms with Crippen molar-refractivity contribution in [2.45, 2.75) is 25.8 Å². The highest BCUT2D eigenvalue weighted by Crippen LogP contribution is 2.32. The van der Waals surface area contributed by atoms with Crippen LogP contribution >= 0.6 is 0 Å². The number of fused-ring (bicyclic) bond motifs is 2. The molecule has 4 N–H and O–H groups in total. The number of nitrogens with two attached hydrogens (primary N) is 2. The van der Waals surface area contributed by atoms with Crippen molar-refractivity contribution in [3.8, 4) is 11.3 Å². The van der Waals surface area contributed by atoms with Gasteiger partial charge in [0.15, 0.2) is 11.2 Å². The standard InChI is InChI=1S/C36H55N11O10/c1-46(8-2-3-9-47-35-32(34(37)40-27-41-35)33(44-47)28-4-5-30-29(26-28)43-36(38)57-30)31(48)6-10-49-12-14-51-16-18-53-20-22-55-24-25-56-23-21-54-19-17-52-15-13-50-11-7-42-45-39/h4-5,26-27H,2-3,6-25H2,1H3,(H2,38,43)(H2,37,40,41). The van der Waals surface area contributed by atoms with Crippen molar-refractivity contribution in [3.05, 3.63) is 35.0 Å². The summed E-state index contributed by atoms with van der Waals surface area (Å²) in [6, 6.07) is 5.61. The molecule has 1 aromatic carbocycles. The number of oxazole rings is 1. The summed E-state index contributed by atoms with van der Waals surface area (Å²) in [7, 11) is 1.80. The minimum atomic E-state index is 0.0150. The molecule has 57 heavy (non-hydrogen) atoms. The highest BCUT2D eigenvalue weighted by Gasteiger charge is 2.18. The van der Waals surface area contributed by atoms with E-state index in [0.29, 0.717) is 165 Å². The number of rotatable bonds is 33. The van der Waals surface area contributed by atoms with Gasteiger partial charge in [0.25, 0.3) is 6.01 Å². The third-order valence-corrected chi connectivity index (χ3v) is 8.24. The van der Waals surface area contributed by atoms with Crippen molar-refractivity contribution in [1.82, 2.24) is 29.6 Å².